The van der Waals surface area contributed by atoms with Gasteiger partial charge in [-0.15, -0.1) is 0 Å². The topological polar surface area (TPSA) is 64.1 Å². The second kappa shape index (κ2) is 10.5. The Morgan fingerprint density at radius 1 is 1.12 bits per heavy atom. The molecule has 0 bridgehead atoms. The Labute approximate surface area is 198 Å². The number of aromatic nitrogens is 1. The summed E-state index contributed by atoms with van der Waals surface area (Å²) >= 11 is 1.46. The van der Waals surface area contributed by atoms with Crippen LogP contribution in [0.1, 0.15) is 27.9 Å². The Kier molecular flexibility index (Phi) is 7.47. The van der Waals surface area contributed by atoms with Crippen molar-refractivity contribution in [3.05, 3.63) is 47.0 Å². The fourth-order valence-corrected chi connectivity index (χ4v) is 5.16. The first-order chi connectivity index (χ1) is 16.0. The Balaban J connectivity index is 1.68. The first kappa shape index (κ1) is 23.5. The Morgan fingerprint density at radius 2 is 1.85 bits per heavy atom. The molecule has 1 aliphatic rings. The van der Waals surface area contributed by atoms with Crippen molar-refractivity contribution >= 4 is 32.6 Å². The lowest BCUT2D eigenvalue weighted by molar-refractivity contribution is 0.0376. The summed E-state index contributed by atoms with van der Waals surface area (Å²) in [6.45, 7) is 8.87. The minimum absolute atomic E-state index is 0.0323. The van der Waals surface area contributed by atoms with Gasteiger partial charge in [0.15, 0.2) is 5.13 Å². The number of ether oxygens (including phenoxy) is 3. The lowest BCUT2D eigenvalue weighted by atomic mass is 10.0. The van der Waals surface area contributed by atoms with Crippen molar-refractivity contribution < 1.29 is 19.0 Å². The number of nitrogens with zero attached hydrogens (tertiary/aromatic N) is 3. The second-order valence-corrected chi connectivity index (χ2v) is 9.20. The summed E-state index contributed by atoms with van der Waals surface area (Å²) in [6.07, 6.45) is 0.848. The lowest BCUT2D eigenvalue weighted by Gasteiger charge is -2.28. The molecule has 0 atom stereocenters. The Bertz CT molecular complexity index is 1080. The van der Waals surface area contributed by atoms with Crippen molar-refractivity contribution in [3.63, 3.8) is 0 Å². The molecule has 4 rings (SSSR count). The molecule has 3 aromatic rings. The number of methoxy groups -OCH3 is 2. The summed E-state index contributed by atoms with van der Waals surface area (Å²) in [7, 11) is 3.27. The van der Waals surface area contributed by atoms with E-state index in [1.165, 1.54) is 11.3 Å². The summed E-state index contributed by atoms with van der Waals surface area (Å²) in [4.78, 5) is 22.8. The number of carbonyl (C=O) groups excluding carboxylic acids is 1. The van der Waals surface area contributed by atoms with E-state index in [9.17, 15) is 4.79 Å². The van der Waals surface area contributed by atoms with E-state index in [-0.39, 0.29) is 5.91 Å². The number of rotatable bonds is 8. The van der Waals surface area contributed by atoms with Gasteiger partial charge < -0.3 is 14.2 Å². The normalized spacial score (nSPS) is 14.4. The van der Waals surface area contributed by atoms with Crippen LogP contribution in [-0.4, -0.2) is 69.4 Å². The summed E-state index contributed by atoms with van der Waals surface area (Å²) in [5.74, 6) is 1.36. The van der Waals surface area contributed by atoms with Crippen molar-refractivity contribution in [2.75, 3.05) is 58.5 Å². The summed E-state index contributed by atoms with van der Waals surface area (Å²) in [6, 6.07) is 9.71. The molecule has 1 fully saturated rings. The number of aryl methyl sites for hydroxylation is 2. The van der Waals surface area contributed by atoms with Gasteiger partial charge in [0.25, 0.3) is 5.91 Å². The first-order valence-electron chi connectivity index (χ1n) is 11.2. The molecule has 33 heavy (non-hydrogen) atoms. The minimum atomic E-state index is -0.0323. The summed E-state index contributed by atoms with van der Waals surface area (Å²) < 4.78 is 17.4. The van der Waals surface area contributed by atoms with E-state index < -0.39 is 0 Å². The van der Waals surface area contributed by atoms with Crippen LogP contribution in [0.15, 0.2) is 30.3 Å². The predicted molar refractivity (Wildman–Crippen MR) is 132 cm³/mol. The van der Waals surface area contributed by atoms with E-state index >= 15 is 0 Å². The smallest absolute Gasteiger partial charge is 0.260 e. The molecule has 0 N–H and O–H groups in total. The van der Waals surface area contributed by atoms with Crippen LogP contribution in [0.2, 0.25) is 0 Å². The maximum atomic E-state index is 13.8. The van der Waals surface area contributed by atoms with Gasteiger partial charge in [0, 0.05) is 31.7 Å². The molecule has 176 valence electrons. The van der Waals surface area contributed by atoms with Gasteiger partial charge in [0.1, 0.15) is 21.7 Å². The van der Waals surface area contributed by atoms with Crippen LogP contribution in [0.3, 0.4) is 0 Å². The van der Waals surface area contributed by atoms with Crippen LogP contribution < -0.4 is 14.4 Å². The summed E-state index contributed by atoms with van der Waals surface area (Å²) in [5, 5.41) is 0.653. The van der Waals surface area contributed by atoms with Crippen molar-refractivity contribution in [2.45, 2.75) is 20.3 Å². The third-order valence-electron chi connectivity index (χ3n) is 5.96. The monoisotopic (exact) mass is 469 g/mol. The fourth-order valence-electron chi connectivity index (χ4n) is 4.06. The molecule has 2 aromatic carbocycles. The predicted octanol–water partition coefficient (Wildman–Crippen LogP) is 4.30. The fraction of sp³-hybridized carbons (Fsp3) is 0.440. The lowest BCUT2D eigenvalue weighted by Crippen LogP contribution is -2.39. The van der Waals surface area contributed by atoms with Crippen LogP contribution in [0.25, 0.3) is 10.2 Å². The molecule has 0 spiro atoms. The van der Waals surface area contributed by atoms with Crippen LogP contribution in [-0.2, 0) is 4.74 Å². The zero-order chi connectivity index (χ0) is 23.4. The number of hydrogen-bond donors (Lipinski definition) is 0. The highest BCUT2D eigenvalue weighted by molar-refractivity contribution is 7.22. The van der Waals surface area contributed by atoms with E-state index in [1.54, 1.807) is 14.2 Å². The van der Waals surface area contributed by atoms with Crippen molar-refractivity contribution in [1.29, 1.82) is 0 Å². The number of thiazole rings is 1. The van der Waals surface area contributed by atoms with Crippen molar-refractivity contribution in [1.82, 2.24) is 9.88 Å². The van der Waals surface area contributed by atoms with Crippen LogP contribution in [0.4, 0.5) is 5.13 Å². The van der Waals surface area contributed by atoms with E-state index in [0.717, 1.165) is 60.8 Å². The van der Waals surface area contributed by atoms with Gasteiger partial charge in [-0.2, -0.15) is 0 Å². The number of benzene rings is 2. The van der Waals surface area contributed by atoms with Crippen molar-refractivity contribution in [3.8, 4) is 11.5 Å². The Morgan fingerprint density at radius 3 is 2.58 bits per heavy atom. The van der Waals surface area contributed by atoms with Crippen LogP contribution in [0.5, 0.6) is 11.5 Å². The van der Waals surface area contributed by atoms with Crippen LogP contribution >= 0.6 is 11.3 Å². The highest BCUT2D eigenvalue weighted by atomic mass is 32.1. The number of carbonyl (C=O) groups is 1. The minimum Gasteiger partial charge on any atom is -0.495 e. The molecule has 0 unspecified atom stereocenters. The number of hydrogen-bond acceptors (Lipinski definition) is 7. The van der Waals surface area contributed by atoms with Gasteiger partial charge in [0.05, 0.1) is 27.4 Å². The molecule has 1 amide bonds. The van der Waals surface area contributed by atoms with Gasteiger partial charge in [0.2, 0.25) is 0 Å². The van der Waals surface area contributed by atoms with E-state index in [1.807, 2.05) is 49.1 Å². The highest BCUT2D eigenvalue weighted by Gasteiger charge is 2.25. The average molecular weight is 470 g/mol. The van der Waals surface area contributed by atoms with Gasteiger partial charge in [-0.05, 0) is 44.0 Å². The van der Waals surface area contributed by atoms with Gasteiger partial charge in [-0.25, -0.2) is 4.98 Å². The zero-order valence-electron chi connectivity index (χ0n) is 19.7. The van der Waals surface area contributed by atoms with E-state index in [2.05, 4.69) is 4.90 Å². The summed E-state index contributed by atoms with van der Waals surface area (Å²) in [5.41, 5.74) is 3.44. The maximum Gasteiger partial charge on any atom is 0.260 e. The molecular formula is C25H31N3O4S. The quantitative estimate of drug-likeness (QED) is 0.490. The number of amides is 1. The van der Waals surface area contributed by atoms with Gasteiger partial charge in [-0.1, -0.05) is 29.0 Å². The van der Waals surface area contributed by atoms with E-state index in [4.69, 9.17) is 19.2 Å². The first-order valence-corrected chi connectivity index (χ1v) is 12.0. The number of morpholine rings is 1. The maximum absolute atomic E-state index is 13.8. The second-order valence-electron chi connectivity index (χ2n) is 8.23. The molecule has 7 nitrogen and oxygen atoms in total. The molecule has 0 saturated carbocycles. The zero-order valence-corrected chi connectivity index (χ0v) is 20.5. The molecule has 0 radical (unpaired) electrons. The average Bonchev–Trinajstić information content (AvgIpc) is 3.28. The largest absolute Gasteiger partial charge is 0.495 e. The van der Waals surface area contributed by atoms with Crippen LogP contribution in [0, 0.1) is 13.8 Å². The third-order valence-corrected chi connectivity index (χ3v) is 7.05. The molecule has 8 heteroatoms. The number of anilines is 1. The standard InChI is InChI=1S/C25H31N3O4S/c1-17-6-7-18(2)19(16-17)24(29)28(11-5-10-27-12-14-32-15-13-27)25-26-22-20(30-3)8-9-21(31-4)23(22)33-25/h6-9,16H,5,10-15H2,1-4H3. The number of fused-ring (bicyclic) bond motifs is 1. The van der Waals surface area contributed by atoms with Crippen molar-refractivity contribution in [2.24, 2.45) is 0 Å². The molecule has 0 aliphatic carbocycles. The molecule has 2 heterocycles. The SMILES string of the molecule is COc1ccc(OC)c2sc(N(CCCN3CCOCC3)C(=O)c3cc(C)ccc3C)nc12. The Hall–Kier alpha value is -2.68. The third kappa shape index (κ3) is 5.13. The van der Waals surface area contributed by atoms with E-state index in [0.29, 0.717) is 28.5 Å². The molecular weight excluding hydrogens is 438 g/mol. The molecule has 1 aliphatic heterocycles. The molecule has 1 aromatic heterocycles. The van der Waals surface area contributed by atoms with Gasteiger partial charge >= 0.3 is 0 Å². The van der Waals surface area contributed by atoms with Gasteiger partial charge in [-0.3, -0.25) is 14.6 Å². The molecule has 1 saturated heterocycles. The highest BCUT2D eigenvalue weighted by Crippen LogP contribution is 2.40.